The zero-order valence-electron chi connectivity index (χ0n) is 20.5. The number of halogens is 1. The SMILES string of the molecule is O=C(Nc1ccc(Oc2ccnc(NC(=S)N3CCOCC3)c2)c(F)c1)c1ccnn(-c2ccccc2)c1=O. The predicted molar refractivity (Wildman–Crippen MR) is 147 cm³/mol. The Bertz CT molecular complexity index is 1560. The number of hydrogen-bond acceptors (Lipinski definition) is 7. The van der Waals surface area contributed by atoms with E-state index in [0.717, 1.165) is 10.7 Å². The van der Waals surface area contributed by atoms with Crippen LogP contribution < -0.4 is 20.9 Å². The summed E-state index contributed by atoms with van der Waals surface area (Å²) in [5, 5.41) is 10.2. The van der Waals surface area contributed by atoms with Crippen LogP contribution in [0.4, 0.5) is 15.9 Å². The second-order valence-corrected chi connectivity index (χ2v) is 8.79. The molecule has 4 aromatic rings. The van der Waals surface area contributed by atoms with Crippen molar-refractivity contribution in [3.8, 4) is 17.2 Å². The van der Waals surface area contributed by atoms with E-state index in [9.17, 15) is 14.0 Å². The lowest BCUT2D eigenvalue weighted by atomic mass is 10.2. The van der Waals surface area contributed by atoms with E-state index < -0.39 is 17.3 Å². The Morgan fingerprint density at radius 1 is 1.00 bits per heavy atom. The van der Waals surface area contributed by atoms with Crippen LogP contribution >= 0.6 is 12.2 Å². The number of nitrogens with one attached hydrogen (secondary N) is 2. The number of aromatic nitrogens is 3. The van der Waals surface area contributed by atoms with Crippen LogP contribution in [0.15, 0.2) is 83.9 Å². The van der Waals surface area contributed by atoms with Crippen LogP contribution in [0.5, 0.6) is 11.5 Å². The first kappa shape index (κ1) is 25.9. The van der Waals surface area contributed by atoms with Gasteiger partial charge in [-0.2, -0.15) is 9.78 Å². The number of carbonyl (C=O) groups is 1. The molecule has 2 aromatic heterocycles. The van der Waals surface area contributed by atoms with Gasteiger partial charge in [0.15, 0.2) is 16.7 Å². The maximum Gasteiger partial charge on any atom is 0.284 e. The van der Waals surface area contributed by atoms with E-state index in [0.29, 0.717) is 48.7 Å². The molecule has 1 saturated heterocycles. The second-order valence-electron chi connectivity index (χ2n) is 8.41. The molecule has 1 aliphatic heterocycles. The minimum Gasteiger partial charge on any atom is -0.454 e. The molecule has 0 saturated carbocycles. The molecule has 0 aliphatic carbocycles. The van der Waals surface area contributed by atoms with E-state index in [1.807, 2.05) is 4.90 Å². The quantitative estimate of drug-likeness (QED) is 0.349. The Balaban J connectivity index is 1.26. The van der Waals surface area contributed by atoms with Crippen molar-refractivity contribution >= 4 is 34.7 Å². The molecule has 198 valence electrons. The average Bonchev–Trinajstić information content (AvgIpc) is 2.96. The molecular weight excluding hydrogens is 523 g/mol. The van der Waals surface area contributed by atoms with Gasteiger partial charge in [0.1, 0.15) is 17.1 Å². The molecule has 1 aliphatic rings. The highest BCUT2D eigenvalue weighted by molar-refractivity contribution is 7.80. The third-order valence-electron chi connectivity index (χ3n) is 5.77. The van der Waals surface area contributed by atoms with Gasteiger partial charge in [-0.3, -0.25) is 9.59 Å². The predicted octanol–water partition coefficient (Wildman–Crippen LogP) is 3.84. The van der Waals surface area contributed by atoms with Gasteiger partial charge in [0.05, 0.1) is 18.9 Å². The third kappa shape index (κ3) is 6.25. The van der Waals surface area contributed by atoms with Gasteiger partial charge >= 0.3 is 0 Å². The van der Waals surface area contributed by atoms with Crippen molar-refractivity contribution in [3.63, 3.8) is 0 Å². The van der Waals surface area contributed by atoms with Gasteiger partial charge in [0, 0.05) is 43.3 Å². The van der Waals surface area contributed by atoms with Crippen molar-refractivity contribution in [1.82, 2.24) is 19.7 Å². The summed E-state index contributed by atoms with van der Waals surface area (Å²) < 4.78 is 27.0. The van der Waals surface area contributed by atoms with Gasteiger partial charge in [-0.15, -0.1) is 0 Å². The number of nitrogens with zero attached hydrogens (tertiary/aromatic N) is 4. The summed E-state index contributed by atoms with van der Waals surface area (Å²) >= 11 is 5.43. The third-order valence-corrected chi connectivity index (χ3v) is 6.13. The molecule has 2 aromatic carbocycles. The van der Waals surface area contributed by atoms with Crippen molar-refractivity contribution in [2.75, 3.05) is 36.9 Å². The van der Waals surface area contributed by atoms with Crippen LogP contribution in [-0.4, -0.2) is 57.0 Å². The summed E-state index contributed by atoms with van der Waals surface area (Å²) in [6.07, 6.45) is 2.87. The molecule has 39 heavy (non-hydrogen) atoms. The van der Waals surface area contributed by atoms with Crippen LogP contribution in [0.2, 0.25) is 0 Å². The molecule has 0 bridgehead atoms. The van der Waals surface area contributed by atoms with Crippen molar-refractivity contribution in [2.45, 2.75) is 0 Å². The first-order valence-corrected chi connectivity index (χ1v) is 12.4. The topological polar surface area (TPSA) is 111 Å². The van der Waals surface area contributed by atoms with Crippen molar-refractivity contribution in [3.05, 3.63) is 101 Å². The van der Waals surface area contributed by atoms with Crippen LogP contribution in [0, 0.1) is 5.82 Å². The monoisotopic (exact) mass is 546 g/mol. The number of amides is 1. The van der Waals surface area contributed by atoms with Crippen LogP contribution in [0.1, 0.15) is 10.4 Å². The number of pyridine rings is 1. The first-order valence-electron chi connectivity index (χ1n) is 12.0. The number of anilines is 2. The molecule has 3 heterocycles. The lowest BCUT2D eigenvalue weighted by Crippen LogP contribution is -2.43. The van der Waals surface area contributed by atoms with Crippen LogP contribution in [-0.2, 0) is 4.74 Å². The van der Waals surface area contributed by atoms with Crippen molar-refractivity contribution in [2.24, 2.45) is 0 Å². The summed E-state index contributed by atoms with van der Waals surface area (Å²) in [5.74, 6) is -0.671. The van der Waals surface area contributed by atoms with E-state index in [1.54, 1.807) is 42.5 Å². The Labute approximate surface area is 228 Å². The average molecular weight is 547 g/mol. The number of para-hydroxylation sites is 1. The van der Waals surface area contributed by atoms with Gasteiger partial charge in [0.2, 0.25) is 0 Å². The Kier molecular flexibility index (Phi) is 7.85. The molecule has 5 rings (SSSR count). The summed E-state index contributed by atoms with van der Waals surface area (Å²) in [7, 11) is 0. The molecule has 2 N–H and O–H groups in total. The smallest absolute Gasteiger partial charge is 0.284 e. The van der Waals surface area contributed by atoms with Crippen LogP contribution in [0.25, 0.3) is 5.69 Å². The maximum atomic E-state index is 14.9. The maximum absolute atomic E-state index is 14.9. The number of rotatable bonds is 6. The fourth-order valence-electron chi connectivity index (χ4n) is 3.82. The summed E-state index contributed by atoms with van der Waals surface area (Å²) in [6.45, 7) is 2.56. The largest absolute Gasteiger partial charge is 0.454 e. The Morgan fingerprint density at radius 3 is 2.56 bits per heavy atom. The molecule has 1 amide bonds. The van der Waals surface area contributed by atoms with Crippen molar-refractivity contribution < 1.29 is 18.7 Å². The molecule has 0 spiro atoms. The number of thiocarbonyl (C=S) groups is 1. The van der Waals surface area contributed by atoms with E-state index in [4.69, 9.17) is 21.7 Å². The lowest BCUT2D eigenvalue weighted by molar-refractivity contribution is 0.0690. The van der Waals surface area contributed by atoms with E-state index >= 15 is 0 Å². The number of hydrogen-bond donors (Lipinski definition) is 2. The number of ether oxygens (including phenoxy) is 2. The van der Waals surface area contributed by atoms with Gasteiger partial charge in [-0.25, -0.2) is 9.37 Å². The molecule has 0 radical (unpaired) electrons. The summed E-state index contributed by atoms with van der Waals surface area (Å²) in [5.41, 5.74) is -0.0689. The fraction of sp³-hybridized carbons (Fsp3) is 0.148. The lowest BCUT2D eigenvalue weighted by Gasteiger charge is -2.29. The summed E-state index contributed by atoms with van der Waals surface area (Å²) in [6, 6.07) is 17.2. The Morgan fingerprint density at radius 2 is 1.79 bits per heavy atom. The van der Waals surface area contributed by atoms with Gasteiger partial charge in [-0.05, 0) is 48.6 Å². The normalized spacial score (nSPS) is 13.0. The molecule has 10 nitrogen and oxygen atoms in total. The minimum absolute atomic E-state index is 0.0590. The molecule has 0 unspecified atom stereocenters. The summed E-state index contributed by atoms with van der Waals surface area (Å²) in [4.78, 5) is 31.8. The zero-order chi connectivity index (χ0) is 27.2. The molecular formula is C27H23FN6O4S. The minimum atomic E-state index is -0.709. The zero-order valence-corrected chi connectivity index (χ0v) is 21.4. The first-order chi connectivity index (χ1) is 19.0. The van der Waals surface area contributed by atoms with Gasteiger partial charge in [0.25, 0.3) is 11.5 Å². The fourth-order valence-corrected chi connectivity index (χ4v) is 4.11. The standard InChI is InChI=1S/C27H23FN6O4S/c28-22-16-18(31-25(35)21-9-11-30-34(26(21)36)19-4-2-1-3-5-19)6-7-23(22)38-20-8-10-29-24(17-20)32-27(39)33-12-14-37-15-13-33/h1-11,16-17H,12-15H2,(H,31,35)(H,29,32,39). The second kappa shape index (κ2) is 11.8. The molecule has 12 heteroatoms. The highest BCUT2D eigenvalue weighted by Crippen LogP contribution is 2.28. The number of morpholine rings is 1. The van der Waals surface area contributed by atoms with E-state index in [1.165, 1.54) is 30.6 Å². The van der Waals surface area contributed by atoms with E-state index in [-0.39, 0.29) is 17.0 Å². The van der Waals surface area contributed by atoms with Crippen LogP contribution in [0.3, 0.4) is 0 Å². The highest BCUT2D eigenvalue weighted by Gasteiger charge is 2.17. The highest BCUT2D eigenvalue weighted by atomic mass is 32.1. The molecule has 1 fully saturated rings. The van der Waals surface area contributed by atoms with E-state index in [2.05, 4.69) is 20.7 Å². The Hall–Kier alpha value is -4.68. The van der Waals surface area contributed by atoms with Gasteiger partial charge < -0.3 is 25.0 Å². The number of carbonyl (C=O) groups excluding carboxylic acids is 1. The number of benzene rings is 2. The van der Waals surface area contributed by atoms with Crippen molar-refractivity contribution in [1.29, 1.82) is 0 Å². The van der Waals surface area contributed by atoms with Gasteiger partial charge in [-0.1, -0.05) is 18.2 Å². The molecule has 0 atom stereocenters.